The lowest BCUT2D eigenvalue weighted by Gasteiger charge is -1.94. The van der Waals surface area contributed by atoms with Crippen molar-refractivity contribution in [3.8, 4) is 0 Å². The van der Waals surface area contributed by atoms with Gasteiger partial charge >= 0.3 is 0 Å². The van der Waals surface area contributed by atoms with Gasteiger partial charge in [0, 0.05) is 19.2 Å². The fraction of sp³-hybridized carbons (Fsp3) is 0.500. The molecule has 0 aromatic heterocycles. The van der Waals surface area contributed by atoms with Gasteiger partial charge in [-0.2, -0.15) is 0 Å². The van der Waals surface area contributed by atoms with Gasteiger partial charge in [0.25, 0.3) is 0 Å². The molecule has 0 saturated carbocycles. The van der Waals surface area contributed by atoms with Crippen LogP contribution in [0.5, 0.6) is 0 Å². The highest BCUT2D eigenvalue weighted by molar-refractivity contribution is 5.56. The van der Waals surface area contributed by atoms with Crippen molar-refractivity contribution in [3.05, 3.63) is 24.0 Å². The number of aliphatic imine (C=N–C) groups is 1. The summed E-state index contributed by atoms with van der Waals surface area (Å²) in [5.74, 6) is 0. The molecule has 0 radical (unpaired) electrons. The van der Waals surface area contributed by atoms with Crippen LogP contribution in [0.15, 0.2) is 29.0 Å². The minimum absolute atomic E-state index is 0.994. The number of rotatable bonds is 2. The van der Waals surface area contributed by atoms with Crippen molar-refractivity contribution in [2.24, 2.45) is 4.99 Å². The number of allylic oxidation sites excluding steroid dienone is 1. The smallest absolute Gasteiger partial charge is 0.0647 e. The molecule has 0 fully saturated rings. The summed E-state index contributed by atoms with van der Waals surface area (Å²) in [6, 6.07) is 0. The highest BCUT2D eigenvalue weighted by Crippen LogP contribution is 2.14. The van der Waals surface area contributed by atoms with Crippen LogP contribution in [0.2, 0.25) is 0 Å². The van der Waals surface area contributed by atoms with E-state index in [-0.39, 0.29) is 0 Å². The summed E-state index contributed by atoms with van der Waals surface area (Å²) in [6.07, 6.45) is 4.65. The number of nitrogens with one attached hydrogen (secondary N) is 1. The lowest BCUT2D eigenvalue weighted by molar-refractivity contribution is 0.884. The maximum Gasteiger partial charge on any atom is 0.0647 e. The van der Waals surface area contributed by atoms with Gasteiger partial charge in [-0.05, 0) is 13.0 Å². The lowest BCUT2D eigenvalue weighted by atomic mass is 10.3. The number of nitrogens with zero attached hydrogens (tertiary/aromatic N) is 1. The molecule has 0 aliphatic carbocycles. The molecular weight excluding hydrogens is 148 g/mol. The SMILES string of the molecule is C=CC1=C(N=CC)CCN1.CC. The Morgan fingerprint density at radius 1 is 1.50 bits per heavy atom. The van der Waals surface area contributed by atoms with Gasteiger partial charge in [0.2, 0.25) is 0 Å². The van der Waals surface area contributed by atoms with E-state index in [1.807, 2.05) is 33.1 Å². The van der Waals surface area contributed by atoms with Gasteiger partial charge in [-0.25, -0.2) is 0 Å². The Hall–Kier alpha value is -1.05. The van der Waals surface area contributed by atoms with Crippen molar-refractivity contribution >= 4 is 6.21 Å². The van der Waals surface area contributed by atoms with E-state index < -0.39 is 0 Å². The zero-order valence-corrected chi connectivity index (χ0v) is 8.22. The van der Waals surface area contributed by atoms with Gasteiger partial charge in [-0.3, -0.25) is 4.99 Å². The molecule has 0 atom stereocenters. The Morgan fingerprint density at radius 3 is 2.67 bits per heavy atom. The van der Waals surface area contributed by atoms with E-state index in [0.29, 0.717) is 0 Å². The Balaban J connectivity index is 0.000000561. The van der Waals surface area contributed by atoms with Crippen molar-refractivity contribution in [2.45, 2.75) is 27.2 Å². The third kappa shape index (κ3) is 2.91. The molecule has 0 aromatic rings. The molecule has 1 heterocycles. The number of hydrogen-bond donors (Lipinski definition) is 1. The van der Waals surface area contributed by atoms with Gasteiger partial charge in [0.15, 0.2) is 0 Å². The van der Waals surface area contributed by atoms with Gasteiger partial charge < -0.3 is 5.32 Å². The first-order valence-electron chi connectivity index (χ1n) is 4.46. The minimum atomic E-state index is 0.994. The Morgan fingerprint density at radius 2 is 2.17 bits per heavy atom. The molecule has 1 rings (SSSR count). The van der Waals surface area contributed by atoms with Gasteiger partial charge in [0.1, 0.15) is 0 Å². The van der Waals surface area contributed by atoms with Gasteiger partial charge in [-0.15, -0.1) is 0 Å². The third-order valence-electron chi connectivity index (χ3n) is 1.48. The Bertz CT molecular complexity index is 190. The topological polar surface area (TPSA) is 24.4 Å². The van der Waals surface area contributed by atoms with Crippen LogP contribution >= 0.6 is 0 Å². The maximum absolute atomic E-state index is 4.20. The Labute approximate surface area is 75.1 Å². The summed E-state index contributed by atoms with van der Waals surface area (Å²) in [6.45, 7) is 10.6. The third-order valence-corrected chi connectivity index (χ3v) is 1.48. The van der Waals surface area contributed by atoms with Crippen molar-refractivity contribution in [1.29, 1.82) is 0 Å². The monoisotopic (exact) mass is 166 g/mol. The first kappa shape index (κ1) is 11.0. The molecule has 0 spiro atoms. The minimum Gasteiger partial charge on any atom is -0.383 e. The van der Waals surface area contributed by atoms with Crippen molar-refractivity contribution in [3.63, 3.8) is 0 Å². The molecule has 1 aliphatic rings. The standard InChI is InChI=1S/C8H12N2.C2H6/c1-3-7-8(9-4-2)5-6-10-7;1-2/h3-4,10H,1,5-6H2,2H3;1-2H3. The second kappa shape index (κ2) is 6.65. The normalized spacial score (nSPS) is 15.6. The molecule has 0 unspecified atom stereocenters. The predicted molar refractivity (Wildman–Crippen MR) is 55.4 cm³/mol. The van der Waals surface area contributed by atoms with Crippen LogP contribution in [0.4, 0.5) is 0 Å². The summed E-state index contributed by atoms with van der Waals surface area (Å²) >= 11 is 0. The summed E-state index contributed by atoms with van der Waals surface area (Å²) in [7, 11) is 0. The zero-order chi connectivity index (χ0) is 9.40. The summed E-state index contributed by atoms with van der Waals surface area (Å²) in [5.41, 5.74) is 2.20. The summed E-state index contributed by atoms with van der Waals surface area (Å²) < 4.78 is 0. The second-order valence-electron chi connectivity index (χ2n) is 2.13. The lowest BCUT2D eigenvalue weighted by Crippen LogP contribution is -2.04. The number of hydrogen-bond acceptors (Lipinski definition) is 2. The fourth-order valence-electron chi connectivity index (χ4n) is 1.03. The molecule has 0 bridgehead atoms. The molecule has 1 aliphatic heterocycles. The Kier molecular flexibility index (Phi) is 6.07. The average Bonchev–Trinajstić information content (AvgIpc) is 2.56. The first-order chi connectivity index (χ1) is 5.88. The van der Waals surface area contributed by atoms with E-state index in [9.17, 15) is 0 Å². The molecule has 68 valence electrons. The van der Waals surface area contributed by atoms with E-state index >= 15 is 0 Å². The zero-order valence-electron chi connectivity index (χ0n) is 8.22. The van der Waals surface area contributed by atoms with Crippen LogP contribution in [0.25, 0.3) is 0 Å². The van der Waals surface area contributed by atoms with Crippen LogP contribution in [0.3, 0.4) is 0 Å². The highest BCUT2D eigenvalue weighted by atomic mass is 14.9. The maximum atomic E-state index is 4.20. The molecule has 0 saturated heterocycles. The van der Waals surface area contributed by atoms with Crippen LogP contribution < -0.4 is 5.32 Å². The highest BCUT2D eigenvalue weighted by Gasteiger charge is 2.08. The van der Waals surface area contributed by atoms with E-state index in [0.717, 1.165) is 24.4 Å². The fourth-order valence-corrected chi connectivity index (χ4v) is 1.03. The molecule has 2 heteroatoms. The average molecular weight is 166 g/mol. The van der Waals surface area contributed by atoms with Crippen molar-refractivity contribution < 1.29 is 0 Å². The van der Waals surface area contributed by atoms with E-state index in [1.54, 1.807) is 0 Å². The molecular formula is C10H18N2. The summed E-state index contributed by atoms with van der Waals surface area (Å²) in [4.78, 5) is 4.20. The van der Waals surface area contributed by atoms with E-state index in [1.165, 1.54) is 0 Å². The van der Waals surface area contributed by atoms with E-state index in [2.05, 4.69) is 16.9 Å². The van der Waals surface area contributed by atoms with Gasteiger partial charge in [-0.1, -0.05) is 20.4 Å². The predicted octanol–water partition coefficient (Wildman–Crippen LogP) is 2.49. The second-order valence-corrected chi connectivity index (χ2v) is 2.13. The molecule has 0 amide bonds. The molecule has 1 N–H and O–H groups in total. The molecule has 2 nitrogen and oxygen atoms in total. The molecule has 12 heavy (non-hydrogen) atoms. The first-order valence-corrected chi connectivity index (χ1v) is 4.46. The quantitative estimate of drug-likeness (QED) is 0.626. The summed E-state index contributed by atoms with van der Waals surface area (Å²) in [5, 5.41) is 3.19. The van der Waals surface area contributed by atoms with Crippen molar-refractivity contribution in [1.82, 2.24) is 5.32 Å². The molecule has 0 aromatic carbocycles. The van der Waals surface area contributed by atoms with Crippen LogP contribution in [-0.4, -0.2) is 12.8 Å². The van der Waals surface area contributed by atoms with Crippen LogP contribution in [-0.2, 0) is 0 Å². The largest absolute Gasteiger partial charge is 0.383 e. The van der Waals surface area contributed by atoms with Gasteiger partial charge in [0.05, 0.1) is 11.4 Å². The van der Waals surface area contributed by atoms with Crippen molar-refractivity contribution in [2.75, 3.05) is 6.54 Å². The van der Waals surface area contributed by atoms with Crippen LogP contribution in [0, 0.1) is 0 Å². The van der Waals surface area contributed by atoms with Crippen LogP contribution in [0.1, 0.15) is 27.2 Å². The van der Waals surface area contributed by atoms with E-state index in [4.69, 9.17) is 0 Å².